The molecule has 104 valence electrons. The number of aryl methyl sites for hydroxylation is 1. The SMILES string of the molecule is COc1cc(C(=O)Cc2ccc(Cl)c(Cl)c2)ccc1C. The van der Waals surface area contributed by atoms with Gasteiger partial charge in [0.05, 0.1) is 17.2 Å². The van der Waals surface area contributed by atoms with Crippen LogP contribution in [0.3, 0.4) is 0 Å². The highest BCUT2D eigenvalue weighted by Gasteiger charge is 2.10. The first-order valence-electron chi connectivity index (χ1n) is 6.13. The molecule has 2 rings (SSSR count). The molecule has 0 radical (unpaired) electrons. The summed E-state index contributed by atoms with van der Waals surface area (Å²) in [4.78, 5) is 12.3. The molecule has 4 heteroatoms. The Morgan fingerprint density at radius 2 is 1.85 bits per heavy atom. The van der Waals surface area contributed by atoms with Gasteiger partial charge in [-0.3, -0.25) is 4.79 Å². The molecular weight excluding hydrogens is 295 g/mol. The maximum absolute atomic E-state index is 12.3. The Labute approximate surface area is 128 Å². The predicted molar refractivity (Wildman–Crippen MR) is 82.2 cm³/mol. The monoisotopic (exact) mass is 308 g/mol. The van der Waals surface area contributed by atoms with Gasteiger partial charge in [-0.2, -0.15) is 0 Å². The molecule has 0 aliphatic heterocycles. The molecule has 2 nitrogen and oxygen atoms in total. The summed E-state index contributed by atoms with van der Waals surface area (Å²) in [6.45, 7) is 1.94. The second kappa shape index (κ2) is 6.29. The summed E-state index contributed by atoms with van der Waals surface area (Å²) in [5.74, 6) is 0.728. The van der Waals surface area contributed by atoms with Crippen LogP contribution in [0.15, 0.2) is 36.4 Å². The normalized spacial score (nSPS) is 10.4. The third kappa shape index (κ3) is 3.33. The molecule has 0 aliphatic rings. The lowest BCUT2D eigenvalue weighted by molar-refractivity contribution is 0.0992. The van der Waals surface area contributed by atoms with Crippen LogP contribution in [0, 0.1) is 6.92 Å². The average molecular weight is 309 g/mol. The van der Waals surface area contributed by atoms with Gasteiger partial charge in [0.25, 0.3) is 0 Å². The molecule has 2 aromatic rings. The Hall–Kier alpha value is -1.51. The molecule has 0 N–H and O–H groups in total. The highest BCUT2D eigenvalue weighted by atomic mass is 35.5. The highest BCUT2D eigenvalue weighted by molar-refractivity contribution is 6.42. The number of carbonyl (C=O) groups excluding carboxylic acids is 1. The minimum absolute atomic E-state index is 0.0155. The van der Waals surface area contributed by atoms with Gasteiger partial charge < -0.3 is 4.74 Å². The standard InChI is InChI=1S/C16H14Cl2O2/c1-10-3-5-12(9-16(10)20-2)15(19)8-11-4-6-13(17)14(18)7-11/h3-7,9H,8H2,1-2H3. The van der Waals surface area contributed by atoms with Crippen LogP contribution in [-0.4, -0.2) is 12.9 Å². The summed E-state index contributed by atoms with van der Waals surface area (Å²) >= 11 is 11.8. The van der Waals surface area contributed by atoms with Crippen molar-refractivity contribution in [2.45, 2.75) is 13.3 Å². The third-order valence-corrected chi connectivity index (χ3v) is 3.82. The number of methoxy groups -OCH3 is 1. The third-order valence-electron chi connectivity index (χ3n) is 3.08. The second-order valence-corrected chi connectivity index (χ2v) is 5.35. The van der Waals surface area contributed by atoms with Crippen molar-refractivity contribution in [2.24, 2.45) is 0 Å². The molecule has 0 aliphatic carbocycles. The lowest BCUT2D eigenvalue weighted by atomic mass is 10.0. The zero-order valence-electron chi connectivity index (χ0n) is 11.2. The minimum atomic E-state index is 0.0155. The largest absolute Gasteiger partial charge is 0.496 e. The summed E-state index contributed by atoms with van der Waals surface area (Å²) in [7, 11) is 1.59. The lowest BCUT2D eigenvalue weighted by Crippen LogP contribution is -2.04. The summed E-state index contributed by atoms with van der Waals surface area (Å²) in [6.07, 6.45) is 0.281. The number of hydrogen-bond donors (Lipinski definition) is 0. The molecule has 2 aromatic carbocycles. The molecule has 0 aromatic heterocycles. The van der Waals surface area contributed by atoms with Crippen molar-refractivity contribution >= 4 is 29.0 Å². The maximum Gasteiger partial charge on any atom is 0.167 e. The van der Waals surface area contributed by atoms with E-state index in [4.69, 9.17) is 27.9 Å². The number of halogens is 2. The zero-order valence-corrected chi connectivity index (χ0v) is 12.8. The maximum atomic E-state index is 12.3. The fraction of sp³-hybridized carbons (Fsp3) is 0.188. The van der Waals surface area contributed by atoms with Gasteiger partial charge in [0, 0.05) is 12.0 Å². The topological polar surface area (TPSA) is 26.3 Å². The number of rotatable bonds is 4. The molecule has 20 heavy (non-hydrogen) atoms. The van der Waals surface area contributed by atoms with E-state index in [0.29, 0.717) is 21.4 Å². The van der Waals surface area contributed by atoms with E-state index in [0.717, 1.165) is 11.1 Å². The minimum Gasteiger partial charge on any atom is -0.496 e. The molecule has 0 bridgehead atoms. The molecule has 0 atom stereocenters. The van der Waals surface area contributed by atoms with Gasteiger partial charge in [-0.1, -0.05) is 41.4 Å². The van der Waals surface area contributed by atoms with Crippen LogP contribution in [0.25, 0.3) is 0 Å². The Morgan fingerprint density at radius 1 is 1.10 bits per heavy atom. The van der Waals surface area contributed by atoms with E-state index in [1.54, 1.807) is 37.4 Å². The van der Waals surface area contributed by atoms with Crippen LogP contribution in [0.5, 0.6) is 5.75 Å². The molecule has 0 fully saturated rings. The summed E-state index contributed by atoms with van der Waals surface area (Å²) in [5.41, 5.74) is 2.46. The van der Waals surface area contributed by atoms with Gasteiger partial charge in [0.2, 0.25) is 0 Å². The van der Waals surface area contributed by atoms with E-state index in [1.807, 2.05) is 13.0 Å². The lowest BCUT2D eigenvalue weighted by Gasteiger charge is -2.07. The Bertz CT molecular complexity index is 651. The Kier molecular flexibility index (Phi) is 4.69. The first-order valence-corrected chi connectivity index (χ1v) is 6.88. The van der Waals surface area contributed by atoms with Crippen molar-refractivity contribution in [1.29, 1.82) is 0 Å². The molecule has 0 saturated heterocycles. The molecule has 0 saturated carbocycles. The molecule has 0 amide bonds. The van der Waals surface area contributed by atoms with Crippen LogP contribution >= 0.6 is 23.2 Å². The van der Waals surface area contributed by atoms with Gasteiger partial charge in [-0.25, -0.2) is 0 Å². The van der Waals surface area contributed by atoms with Crippen molar-refractivity contribution < 1.29 is 9.53 Å². The van der Waals surface area contributed by atoms with Crippen LogP contribution in [0.2, 0.25) is 10.0 Å². The Balaban J connectivity index is 2.21. The molecule has 0 unspecified atom stereocenters. The van der Waals surface area contributed by atoms with Gasteiger partial charge in [-0.15, -0.1) is 0 Å². The van der Waals surface area contributed by atoms with Crippen LogP contribution in [0.4, 0.5) is 0 Å². The van der Waals surface area contributed by atoms with Crippen LogP contribution < -0.4 is 4.74 Å². The van der Waals surface area contributed by atoms with Gasteiger partial charge in [0.15, 0.2) is 5.78 Å². The van der Waals surface area contributed by atoms with Crippen molar-refractivity contribution in [3.05, 3.63) is 63.1 Å². The summed E-state index contributed by atoms with van der Waals surface area (Å²) in [6, 6.07) is 10.7. The fourth-order valence-corrected chi connectivity index (χ4v) is 2.25. The zero-order chi connectivity index (χ0) is 14.7. The van der Waals surface area contributed by atoms with Crippen molar-refractivity contribution in [3.63, 3.8) is 0 Å². The summed E-state index contributed by atoms with van der Waals surface area (Å²) < 4.78 is 5.23. The fourth-order valence-electron chi connectivity index (χ4n) is 1.93. The van der Waals surface area contributed by atoms with Crippen molar-refractivity contribution in [3.8, 4) is 5.75 Å². The van der Waals surface area contributed by atoms with E-state index >= 15 is 0 Å². The quantitative estimate of drug-likeness (QED) is 0.763. The summed E-state index contributed by atoms with van der Waals surface area (Å²) in [5, 5.41) is 0.943. The molecule has 0 spiro atoms. The van der Waals surface area contributed by atoms with Crippen molar-refractivity contribution in [2.75, 3.05) is 7.11 Å². The van der Waals surface area contributed by atoms with E-state index < -0.39 is 0 Å². The smallest absolute Gasteiger partial charge is 0.167 e. The number of hydrogen-bond acceptors (Lipinski definition) is 2. The first-order chi connectivity index (χ1) is 9.51. The Morgan fingerprint density at radius 3 is 2.50 bits per heavy atom. The van der Waals surface area contributed by atoms with Gasteiger partial charge in [0.1, 0.15) is 5.75 Å². The van der Waals surface area contributed by atoms with E-state index in [1.165, 1.54) is 0 Å². The van der Waals surface area contributed by atoms with Gasteiger partial charge >= 0.3 is 0 Å². The highest BCUT2D eigenvalue weighted by Crippen LogP contribution is 2.24. The number of carbonyl (C=O) groups is 1. The number of ketones is 1. The predicted octanol–water partition coefficient (Wildman–Crippen LogP) is 4.74. The van der Waals surface area contributed by atoms with Crippen LogP contribution in [0.1, 0.15) is 21.5 Å². The van der Waals surface area contributed by atoms with Gasteiger partial charge in [-0.05, 0) is 36.2 Å². The van der Waals surface area contributed by atoms with E-state index in [9.17, 15) is 4.79 Å². The van der Waals surface area contributed by atoms with Crippen LogP contribution in [-0.2, 0) is 6.42 Å². The molecular formula is C16H14Cl2O2. The number of benzene rings is 2. The molecule has 0 heterocycles. The first kappa shape index (κ1) is 14.9. The van der Waals surface area contributed by atoms with Crippen molar-refractivity contribution in [1.82, 2.24) is 0 Å². The van der Waals surface area contributed by atoms with E-state index in [-0.39, 0.29) is 12.2 Å². The average Bonchev–Trinajstić information content (AvgIpc) is 2.43. The number of ether oxygens (including phenoxy) is 1. The second-order valence-electron chi connectivity index (χ2n) is 4.53. The van der Waals surface area contributed by atoms with E-state index in [2.05, 4.69) is 0 Å². The number of Topliss-reactive ketones (excluding diaryl/α,β-unsaturated/α-hetero) is 1.